The molecule has 0 spiro atoms. The number of nitrogens with zero attached hydrogens (tertiary/aromatic N) is 3. The molecule has 2 atom stereocenters. The summed E-state index contributed by atoms with van der Waals surface area (Å²) in [4.78, 5) is 42.8. The molecule has 35 heavy (non-hydrogen) atoms. The zero-order valence-electron chi connectivity index (χ0n) is 19.5. The number of amides is 1. The van der Waals surface area contributed by atoms with Gasteiger partial charge in [0.25, 0.3) is 5.56 Å². The first-order valence-corrected chi connectivity index (χ1v) is 11.7. The lowest BCUT2D eigenvalue weighted by Crippen LogP contribution is -2.28. The topological polar surface area (TPSA) is 111 Å². The number of Topliss-reactive ketones (excluding diaryl/α,β-unsaturated/α-hetero) is 1. The Bertz CT molecular complexity index is 1350. The highest BCUT2D eigenvalue weighted by Crippen LogP contribution is 2.33. The van der Waals surface area contributed by atoms with Gasteiger partial charge in [-0.2, -0.15) is 0 Å². The molecule has 3 heterocycles. The third-order valence-electron chi connectivity index (χ3n) is 6.69. The fourth-order valence-corrected chi connectivity index (χ4v) is 4.85. The second-order valence-electron chi connectivity index (χ2n) is 9.16. The fourth-order valence-electron chi connectivity index (χ4n) is 4.85. The highest BCUT2D eigenvalue weighted by molar-refractivity contribution is 5.96. The second-order valence-corrected chi connectivity index (χ2v) is 9.16. The highest BCUT2D eigenvalue weighted by atomic mass is 16.5. The standard InChI is InChI=1S/C26H27N3O6/c1-34-21-5-6-22-23(11-21)29(26(33)12-27-22)14-19(30)4-2-16-8-25(32)28(13-16)18-3-7-24-17(9-18)10-20(31)15-35-24/h3,5-7,9,11-12,16,19,30H,2,4,8,10,13-15H2,1H3. The molecule has 2 aromatic carbocycles. The summed E-state index contributed by atoms with van der Waals surface area (Å²) in [5, 5.41) is 10.7. The Hall–Kier alpha value is -3.72. The first kappa shape index (κ1) is 23.0. The summed E-state index contributed by atoms with van der Waals surface area (Å²) in [6, 6.07) is 10.8. The molecule has 1 saturated heterocycles. The average molecular weight is 478 g/mol. The normalized spacial score (nSPS) is 18.5. The Labute approximate surface area is 201 Å². The number of fused-ring (bicyclic) bond motifs is 2. The van der Waals surface area contributed by atoms with Gasteiger partial charge in [0.05, 0.1) is 37.0 Å². The number of anilines is 1. The molecular weight excluding hydrogens is 450 g/mol. The van der Waals surface area contributed by atoms with E-state index in [0.717, 1.165) is 11.3 Å². The summed E-state index contributed by atoms with van der Waals surface area (Å²) in [6.07, 6.45) is 2.33. The van der Waals surface area contributed by atoms with E-state index in [1.165, 1.54) is 10.8 Å². The summed E-state index contributed by atoms with van der Waals surface area (Å²) >= 11 is 0. The minimum atomic E-state index is -0.749. The molecule has 1 fully saturated rings. The van der Waals surface area contributed by atoms with Crippen molar-refractivity contribution in [3.63, 3.8) is 0 Å². The minimum absolute atomic E-state index is 0.0220. The smallest absolute Gasteiger partial charge is 0.269 e. The summed E-state index contributed by atoms with van der Waals surface area (Å²) < 4.78 is 12.2. The Morgan fingerprint density at radius 2 is 2.06 bits per heavy atom. The van der Waals surface area contributed by atoms with Crippen LogP contribution in [-0.4, -0.2) is 52.7 Å². The van der Waals surface area contributed by atoms with E-state index in [-0.39, 0.29) is 36.3 Å². The van der Waals surface area contributed by atoms with Crippen LogP contribution in [0.25, 0.3) is 11.0 Å². The van der Waals surface area contributed by atoms with Crippen molar-refractivity contribution in [1.29, 1.82) is 0 Å². The number of aliphatic hydroxyl groups excluding tert-OH is 1. The number of benzene rings is 2. The predicted molar refractivity (Wildman–Crippen MR) is 129 cm³/mol. The van der Waals surface area contributed by atoms with Gasteiger partial charge >= 0.3 is 0 Å². The Morgan fingerprint density at radius 1 is 1.20 bits per heavy atom. The van der Waals surface area contributed by atoms with Crippen LogP contribution in [0.5, 0.6) is 11.5 Å². The molecule has 1 amide bonds. The number of hydrogen-bond donors (Lipinski definition) is 1. The van der Waals surface area contributed by atoms with Gasteiger partial charge < -0.3 is 24.0 Å². The molecule has 5 rings (SSSR count). The van der Waals surface area contributed by atoms with Crippen LogP contribution in [0.2, 0.25) is 0 Å². The van der Waals surface area contributed by atoms with Crippen molar-refractivity contribution in [3.8, 4) is 11.5 Å². The molecule has 0 aliphatic carbocycles. The van der Waals surface area contributed by atoms with E-state index in [0.29, 0.717) is 54.8 Å². The van der Waals surface area contributed by atoms with Crippen molar-refractivity contribution >= 4 is 28.4 Å². The minimum Gasteiger partial charge on any atom is -0.497 e. The third kappa shape index (κ3) is 4.77. The third-order valence-corrected chi connectivity index (χ3v) is 6.69. The fraction of sp³-hybridized carbons (Fsp3) is 0.385. The van der Waals surface area contributed by atoms with Crippen LogP contribution >= 0.6 is 0 Å². The number of aromatic nitrogens is 2. The molecule has 1 aromatic heterocycles. The number of carbonyl (C=O) groups excluding carboxylic acids is 2. The molecule has 3 aromatic rings. The zero-order chi connectivity index (χ0) is 24.5. The van der Waals surface area contributed by atoms with Gasteiger partial charge in [0.2, 0.25) is 5.91 Å². The van der Waals surface area contributed by atoms with E-state index < -0.39 is 6.10 Å². The van der Waals surface area contributed by atoms with Gasteiger partial charge in [0, 0.05) is 36.7 Å². The van der Waals surface area contributed by atoms with Gasteiger partial charge in [-0.3, -0.25) is 14.4 Å². The van der Waals surface area contributed by atoms with Gasteiger partial charge in [0.1, 0.15) is 18.1 Å². The molecular formula is C26H27N3O6. The molecule has 0 saturated carbocycles. The molecule has 0 radical (unpaired) electrons. The van der Waals surface area contributed by atoms with Crippen molar-refractivity contribution in [2.45, 2.75) is 38.3 Å². The van der Waals surface area contributed by atoms with Gasteiger partial charge in [-0.1, -0.05) is 0 Å². The maximum atomic E-state index is 12.7. The molecule has 182 valence electrons. The highest BCUT2D eigenvalue weighted by Gasteiger charge is 2.31. The molecule has 9 nitrogen and oxygen atoms in total. The number of ketones is 1. The van der Waals surface area contributed by atoms with Crippen LogP contribution in [0.3, 0.4) is 0 Å². The summed E-state index contributed by atoms with van der Waals surface area (Å²) in [5.74, 6) is 1.44. The van der Waals surface area contributed by atoms with E-state index in [1.807, 2.05) is 18.2 Å². The van der Waals surface area contributed by atoms with Crippen LogP contribution in [0.1, 0.15) is 24.8 Å². The predicted octanol–water partition coefficient (Wildman–Crippen LogP) is 2.10. The number of carbonyl (C=O) groups is 2. The number of ether oxygens (including phenoxy) is 2. The Morgan fingerprint density at radius 3 is 2.89 bits per heavy atom. The van der Waals surface area contributed by atoms with Crippen molar-refractivity contribution in [1.82, 2.24) is 9.55 Å². The first-order valence-electron chi connectivity index (χ1n) is 11.7. The summed E-state index contributed by atoms with van der Waals surface area (Å²) in [6.45, 7) is 0.775. The number of aliphatic hydroxyl groups is 1. The largest absolute Gasteiger partial charge is 0.497 e. The number of methoxy groups -OCH3 is 1. The number of hydrogen-bond acceptors (Lipinski definition) is 7. The summed E-state index contributed by atoms with van der Waals surface area (Å²) in [5.41, 5.74) is 2.53. The van der Waals surface area contributed by atoms with Crippen molar-refractivity contribution in [3.05, 3.63) is 58.5 Å². The van der Waals surface area contributed by atoms with Crippen molar-refractivity contribution in [2.24, 2.45) is 5.92 Å². The van der Waals surface area contributed by atoms with Crippen LogP contribution in [0, 0.1) is 5.92 Å². The first-order chi connectivity index (χ1) is 16.9. The lowest BCUT2D eigenvalue weighted by atomic mass is 10.00. The maximum absolute atomic E-state index is 12.7. The quantitative estimate of drug-likeness (QED) is 0.555. The summed E-state index contributed by atoms with van der Waals surface area (Å²) in [7, 11) is 1.55. The lowest BCUT2D eigenvalue weighted by molar-refractivity contribution is -0.121. The maximum Gasteiger partial charge on any atom is 0.269 e. The van der Waals surface area contributed by atoms with E-state index >= 15 is 0 Å². The van der Waals surface area contributed by atoms with E-state index in [4.69, 9.17) is 9.47 Å². The van der Waals surface area contributed by atoms with Crippen LogP contribution in [-0.2, 0) is 22.6 Å². The molecule has 2 unspecified atom stereocenters. The van der Waals surface area contributed by atoms with Gasteiger partial charge in [-0.25, -0.2) is 4.98 Å². The van der Waals surface area contributed by atoms with Crippen molar-refractivity contribution < 1.29 is 24.2 Å². The van der Waals surface area contributed by atoms with E-state index in [2.05, 4.69) is 4.98 Å². The molecule has 0 bridgehead atoms. The molecule has 2 aliphatic heterocycles. The van der Waals surface area contributed by atoms with Gasteiger partial charge in [-0.15, -0.1) is 0 Å². The zero-order valence-corrected chi connectivity index (χ0v) is 19.5. The Balaban J connectivity index is 1.23. The monoisotopic (exact) mass is 477 g/mol. The molecule has 9 heteroatoms. The average Bonchev–Trinajstić information content (AvgIpc) is 3.24. The second kappa shape index (κ2) is 9.50. The van der Waals surface area contributed by atoms with Crippen LogP contribution in [0.15, 0.2) is 47.4 Å². The van der Waals surface area contributed by atoms with Crippen molar-refractivity contribution in [2.75, 3.05) is 25.2 Å². The molecule has 2 aliphatic rings. The van der Waals surface area contributed by atoms with E-state index in [9.17, 15) is 19.5 Å². The van der Waals surface area contributed by atoms with Crippen LogP contribution < -0.4 is 19.9 Å². The van der Waals surface area contributed by atoms with Gasteiger partial charge in [0.15, 0.2) is 5.78 Å². The van der Waals surface area contributed by atoms with Gasteiger partial charge in [-0.05, 0) is 49.1 Å². The lowest BCUT2D eigenvalue weighted by Gasteiger charge is -2.22. The molecule has 1 N–H and O–H groups in total. The van der Waals surface area contributed by atoms with Crippen LogP contribution in [0.4, 0.5) is 5.69 Å². The SMILES string of the molecule is COc1ccc2ncc(=O)n(CC(O)CCC3CC(=O)N(c4ccc5c(c4)CC(=O)CO5)C3)c2c1. The van der Waals surface area contributed by atoms with E-state index in [1.54, 1.807) is 30.2 Å². The number of rotatable bonds is 7. The Kier molecular flexibility index (Phi) is 6.25.